The number of hydrogen-bond donors (Lipinski definition) is 1. The lowest BCUT2D eigenvalue weighted by atomic mass is 9.99. The van der Waals surface area contributed by atoms with E-state index in [1.807, 2.05) is 11.9 Å². The summed E-state index contributed by atoms with van der Waals surface area (Å²) in [6.07, 6.45) is 3.93. The van der Waals surface area contributed by atoms with Crippen LogP contribution in [0.2, 0.25) is 0 Å². The molecule has 1 aliphatic rings. The predicted octanol–water partition coefficient (Wildman–Crippen LogP) is 3.29. The van der Waals surface area contributed by atoms with E-state index in [0.717, 1.165) is 12.8 Å². The molecule has 0 aromatic heterocycles. The first-order chi connectivity index (χ1) is 9.97. The van der Waals surface area contributed by atoms with Gasteiger partial charge in [-0.05, 0) is 35.8 Å². The van der Waals surface area contributed by atoms with Gasteiger partial charge in [-0.15, -0.1) is 0 Å². The Morgan fingerprint density at radius 2 is 1.95 bits per heavy atom. The topological polar surface area (TPSA) is 46.3 Å². The van der Waals surface area contributed by atoms with Crippen molar-refractivity contribution in [1.82, 2.24) is 4.90 Å². The second-order valence-electron chi connectivity index (χ2n) is 6.71. The molecule has 0 aliphatic heterocycles. The molecular formula is C18H28N2O. The van der Waals surface area contributed by atoms with Crippen LogP contribution in [0.25, 0.3) is 0 Å². The van der Waals surface area contributed by atoms with Gasteiger partial charge < -0.3 is 10.6 Å². The van der Waals surface area contributed by atoms with Crippen LogP contribution in [0.3, 0.4) is 0 Å². The predicted molar refractivity (Wildman–Crippen MR) is 86.9 cm³/mol. The van der Waals surface area contributed by atoms with E-state index < -0.39 is 0 Å². The Bertz CT molecular complexity index is 467. The number of carbonyl (C=O) groups is 1. The van der Waals surface area contributed by atoms with Crippen molar-refractivity contribution in [2.24, 2.45) is 11.7 Å². The zero-order valence-electron chi connectivity index (χ0n) is 13.5. The molecule has 3 heteroatoms. The second-order valence-corrected chi connectivity index (χ2v) is 6.71. The lowest BCUT2D eigenvalue weighted by molar-refractivity contribution is -0.131. The lowest BCUT2D eigenvalue weighted by Crippen LogP contribution is -2.32. The van der Waals surface area contributed by atoms with Crippen LogP contribution in [-0.4, -0.2) is 23.9 Å². The first-order valence-corrected chi connectivity index (χ1v) is 8.05. The number of rotatable bonds is 5. The monoisotopic (exact) mass is 288 g/mol. The molecule has 0 saturated heterocycles. The van der Waals surface area contributed by atoms with E-state index in [9.17, 15) is 4.79 Å². The molecule has 1 aromatic rings. The van der Waals surface area contributed by atoms with E-state index in [4.69, 9.17) is 5.73 Å². The molecule has 2 atom stereocenters. The maximum atomic E-state index is 12.3. The highest BCUT2D eigenvalue weighted by Crippen LogP contribution is 2.27. The number of hydrogen-bond acceptors (Lipinski definition) is 2. The summed E-state index contributed by atoms with van der Waals surface area (Å²) in [5, 5.41) is 0. The van der Waals surface area contributed by atoms with Crippen molar-refractivity contribution in [3.05, 3.63) is 35.4 Å². The number of benzene rings is 1. The van der Waals surface area contributed by atoms with Crippen molar-refractivity contribution < 1.29 is 4.79 Å². The largest absolute Gasteiger partial charge is 0.341 e. The highest BCUT2D eigenvalue weighted by Gasteiger charge is 2.27. The molecule has 116 valence electrons. The Balaban J connectivity index is 1.88. The van der Waals surface area contributed by atoms with Gasteiger partial charge in [0.1, 0.15) is 0 Å². The number of carbonyl (C=O) groups excluding carboxylic acids is 1. The minimum atomic E-state index is 0.213. The highest BCUT2D eigenvalue weighted by molar-refractivity contribution is 5.76. The summed E-state index contributed by atoms with van der Waals surface area (Å²) < 4.78 is 0. The molecular weight excluding hydrogens is 260 g/mol. The van der Waals surface area contributed by atoms with Gasteiger partial charge in [-0.2, -0.15) is 0 Å². The van der Waals surface area contributed by atoms with Crippen molar-refractivity contribution in [3.63, 3.8) is 0 Å². The molecule has 1 saturated carbocycles. The maximum absolute atomic E-state index is 12.3. The summed E-state index contributed by atoms with van der Waals surface area (Å²) in [5.41, 5.74) is 8.58. The van der Waals surface area contributed by atoms with Gasteiger partial charge in [-0.3, -0.25) is 4.79 Å². The normalized spacial score (nSPS) is 21.8. The fourth-order valence-electron chi connectivity index (χ4n) is 3.07. The van der Waals surface area contributed by atoms with E-state index in [1.165, 1.54) is 17.5 Å². The molecule has 2 N–H and O–H groups in total. The van der Waals surface area contributed by atoms with Gasteiger partial charge in [-0.1, -0.05) is 44.5 Å². The van der Waals surface area contributed by atoms with Gasteiger partial charge in [0, 0.05) is 26.1 Å². The van der Waals surface area contributed by atoms with E-state index >= 15 is 0 Å². The zero-order chi connectivity index (χ0) is 15.4. The van der Waals surface area contributed by atoms with Crippen LogP contribution >= 0.6 is 0 Å². The fourth-order valence-corrected chi connectivity index (χ4v) is 3.07. The molecule has 0 spiro atoms. The Kier molecular flexibility index (Phi) is 5.40. The van der Waals surface area contributed by atoms with Crippen molar-refractivity contribution >= 4 is 5.91 Å². The Morgan fingerprint density at radius 1 is 1.29 bits per heavy atom. The van der Waals surface area contributed by atoms with Crippen LogP contribution in [-0.2, 0) is 11.3 Å². The van der Waals surface area contributed by atoms with Crippen LogP contribution in [0.15, 0.2) is 24.3 Å². The molecule has 1 amide bonds. The quantitative estimate of drug-likeness (QED) is 0.903. The smallest absolute Gasteiger partial charge is 0.222 e. The number of nitrogens with two attached hydrogens (primary N) is 1. The molecule has 0 heterocycles. The highest BCUT2D eigenvalue weighted by atomic mass is 16.2. The molecule has 0 bridgehead atoms. The van der Waals surface area contributed by atoms with Gasteiger partial charge in [0.2, 0.25) is 5.91 Å². The Labute approximate surface area is 128 Å². The van der Waals surface area contributed by atoms with Gasteiger partial charge in [0.15, 0.2) is 0 Å². The average molecular weight is 288 g/mol. The van der Waals surface area contributed by atoms with Crippen LogP contribution in [0, 0.1) is 5.92 Å². The van der Waals surface area contributed by atoms with Crippen LogP contribution in [0.1, 0.15) is 56.6 Å². The summed E-state index contributed by atoms with van der Waals surface area (Å²) in [6.45, 7) is 5.06. The second kappa shape index (κ2) is 7.08. The third-order valence-corrected chi connectivity index (χ3v) is 4.65. The molecule has 0 radical (unpaired) electrons. The Hall–Kier alpha value is -1.35. The van der Waals surface area contributed by atoms with Crippen LogP contribution in [0.5, 0.6) is 0 Å². The Morgan fingerprint density at radius 3 is 2.48 bits per heavy atom. The van der Waals surface area contributed by atoms with Gasteiger partial charge in [0.05, 0.1) is 0 Å². The SMILES string of the molecule is CC(C)c1ccc(CN(C)C(=O)C[C@@H]2CCC[C@H]2N)cc1. The van der Waals surface area contributed by atoms with Gasteiger partial charge in [0.25, 0.3) is 0 Å². The summed E-state index contributed by atoms with van der Waals surface area (Å²) in [6, 6.07) is 8.78. The first kappa shape index (κ1) is 16.0. The van der Waals surface area contributed by atoms with Crippen molar-refractivity contribution in [3.8, 4) is 0 Å². The minimum Gasteiger partial charge on any atom is -0.341 e. The van der Waals surface area contributed by atoms with E-state index in [2.05, 4.69) is 38.1 Å². The van der Waals surface area contributed by atoms with Gasteiger partial charge >= 0.3 is 0 Å². The fraction of sp³-hybridized carbons (Fsp3) is 0.611. The van der Waals surface area contributed by atoms with Gasteiger partial charge in [-0.25, -0.2) is 0 Å². The summed E-state index contributed by atoms with van der Waals surface area (Å²) in [4.78, 5) is 14.1. The van der Waals surface area contributed by atoms with Crippen molar-refractivity contribution in [1.29, 1.82) is 0 Å². The van der Waals surface area contributed by atoms with Crippen LogP contribution < -0.4 is 5.73 Å². The van der Waals surface area contributed by atoms with E-state index in [-0.39, 0.29) is 11.9 Å². The first-order valence-electron chi connectivity index (χ1n) is 8.05. The molecule has 0 unspecified atom stereocenters. The lowest BCUT2D eigenvalue weighted by Gasteiger charge is -2.21. The third kappa shape index (κ3) is 4.31. The van der Waals surface area contributed by atoms with Crippen molar-refractivity contribution in [2.45, 2.75) is 58.0 Å². The maximum Gasteiger partial charge on any atom is 0.222 e. The molecule has 21 heavy (non-hydrogen) atoms. The summed E-state index contributed by atoms with van der Waals surface area (Å²) >= 11 is 0. The van der Waals surface area contributed by atoms with Crippen LogP contribution in [0.4, 0.5) is 0 Å². The molecule has 3 nitrogen and oxygen atoms in total. The molecule has 1 aromatic carbocycles. The standard InChI is InChI=1S/C18H28N2O/c1-13(2)15-9-7-14(8-10-15)12-20(3)18(21)11-16-5-4-6-17(16)19/h7-10,13,16-17H,4-6,11-12,19H2,1-3H3/t16-,17+/m0/s1. The van der Waals surface area contributed by atoms with Crippen molar-refractivity contribution in [2.75, 3.05) is 7.05 Å². The molecule has 1 fully saturated rings. The molecule has 2 rings (SSSR count). The average Bonchev–Trinajstić information content (AvgIpc) is 2.84. The molecule has 1 aliphatic carbocycles. The zero-order valence-corrected chi connectivity index (χ0v) is 13.5. The third-order valence-electron chi connectivity index (χ3n) is 4.65. The minimum absolute atomic E-state index is 0.213. The number of amides is 1. The van der Waals surface area contributed by atoms with E-state index in [1.54, 1.807) is 0 Å². The number of nitrogens with zero attached hydrogens (tertiary/aromatic N) is 1. The summed E-state index contributed by atoms with van der Waals surface area (Å²) in [7, 11) is 1.89. The van der Waals surface area contributed by atoms with E-state index in [0.29, 0.717) is 24.8 Å². The summed E-state index contributed by atoms with van der Waals surface area (Å²) in [5.74, 6) is 1.14.